The number of halogens is 1. The molecule has 0 aliphatic rings. The van der Waals surface area contributed by atoms with E-state index in [-0.39, 0.29) is 6.09 Å². The Bertz CT molecular complexity index is 527. The minimum absolute atomic E-state index is 0.356. The summed E-state index contributed by atoms with van der Waals surface area (Å²) >= 11 is 4.99. The smallest absolute Gasteiger partial charge is 0.410 e. The summed E-state index contributed by atoms with van der Waals surface area (Å²) in [6, 6.07) is 11.1. The average molecular weight is 326 g/mol. The van der Waals surface area contributed by atoms with E-state index in [0.29, 0.717) is 12.3 Å². The topological polar surface area (TPSA) is 29.5 Å². The number of rotatable bonds is 3. The normalized spacial score (nSPS) is 10.1. The maximum absolute atomic E-state index is 11.8. The summed E-state index contributed by atoms with van der Waals surface area (Å²) < 4.78 is 6.27. The second kappa shape index (κ2) is 6.02. The fourth-order valence-electron chi connectivity index (χ4n) is 1.40. The number of ether oxygens (including phenoxy) is 1. The summed E-state index contributed by atoms with van der Waals surface area (Å²) in [5.41, 5.74) is 0. The molecule has 3 nitrogen and oxygen atoms in total. The molecule has 2 aromatic rings. The van der Waals surface area contributed by atoms with Crippen LogP contribution in [0.25, 0.3) is 0 Å². The summed E-state index contributed by atoms with van der Waals surface area (Å²) in [6.07, 6.45) is -0.356. The molecule has 18 heavy (non-hydrogen) atoms. The van der Waals surface area contributed by atoms with Gasteiger partial charge in [-0.2, -0.15) is 0 Å². The summed E-state index contributed by atoms with van der Waals surface area (Å²) in [5.74, 6) is 0.557. The number of para-hydroxylation sites is 1. The van der Waals surface area contributed by atoms with Gasteiger partial charge in [0.1, 0.15) is 5.75 Å². The van der Waals surface area contributed by atoms with E-state index in [4.69, 9.17) is 4.74 Å². The monoisotopic (exact) mass is 325 g/mol. The predicted octanol–water partition coefficient (Wildman–Crippen LogP) is 4.14. The molecular formula is C13H12BrNO2S. The zero-order chi connectivity index (χ0) is 13.0. The number of carbonyl (C=O) groups excluding carboxylic acids is 1. The van der Waals surface area contributed by atoms with Crippen molar-refractivity contribution in [3.8, 4) is 5.75 Å². The third kappa shape index (κ3) is 3.58. The lowest BCUT2D eigenvalue weighted by atomic mass is 10.3. The number of thiophene rings is 1. The van der Waals surface area contributed by atoms with Crippen molar-refractivity contribution in [1.82, 2.24) is 4.90 Å². The average Bonchev–Trinajstić information content (AvgIpc) is 2.76. The van der Waals surface area contributed by atoms with Gasteiger partial charge in [-0.3, -0.25) is 0 Å². The van der Waals surface area contributed by atoms with E-state index in [1.165, 1.54) is 0 Å². The van der Waals surface area contributed by atoms with E-state index in [1.807, 2.05) is 29.6 Å². The molecule has 0 bridgehead atoms. The molecule has 0 saturated carbocycles. The number of nitrogens with zero attached hydrogens (tertiary/aromatic N) is 1. The van der Waals surface area contributed by atoms with Crippen LogP contribution in [0.2, 0.25) is 0 Å². The highest BCUT2D eigenvalue weighted by molar-refractivity contribution is 9.10. The van der Waals surface area contributed by atoms with Crippen molar-refractivity contribution in [2.45, 2.75) is 6.54 Å². The number of hydrogen-bond donors (Lipinski definition) is 0. The van der Waals surface area contributed by atoms with Crippen molar-refractivity contribution in [3.05, 3.63) is 51.1 Å². The number of hydrogen-bond acceptors (Lipinski definition) is 3. The first-order valence-corrected chi connectivity index (χ1v) is 7.03. The van der Waals surface area contributed by atoms with Crippen molar-refractivity contribution in [2.75, 3.05) is 7.05 Å². The zero-order valence-corrected chi connectivity index (χ0v) is 12.2. The molecule has 1 amide bonds. The number of benzene rings is 1. The second-order valence-corrected chi connectivity index (χ2v) is 5.68. The van der Waals surface area contributed by atoms with Crippen molar-refractivity contribution < 1.29 is 9.53 Å². The van der Waals surface area contributed by atoms with Crippen LogP contribution >= 0.6 is 27.3 Å². The van der Waals surface area contributed by atoms with Gasteiger partial charge in [0.15, 0.2) is 0 Å². The van der Waals surface area contributed by atoms with Crippen LogP contribution in [0.1, 0.15) is 4.88 Å². The van der Waals surface area contributed by atoms with Gasteiger partial charge < -0.3 is 9.64 Å². The summed E-state index contributed by atoms with van der Waals surface area (Å²) in [4.78, 5) is 14.5. The number of carbonyl (C=O) groups is 1. The lowest BCUT2D eigenvalue weighted by Gasteiger charge is -2.15. The van der Waals surface area contributed by atoms with Crippen LogP contribution in [-0.4, -0.2) is 18.0 Å². The lowest BCUT2D eigenvalue weighted by Crippen LogP contribution is -2.28. The minimum Gasteiger partial charge on any atom is -0.410 e. The molecular weight excluding hydrogens is 314 g/mol. The summed E-state index contributed by atoms with van der Waals surface area (Å²) in [6.45, 7) is 0.544. The van der Waals surface area contributed by atoms with E-state index < -0.39 is 0 Å². The molecule has 0 N–H and O–H groups in total. The van der Waals surface area contributed by atoms with Crippen LogP contribution in [0.3, 0.4) is 0 Å². The predicted molar refractivity (Wildman–Crippen MR) is 76.0 cm³/mol. The van der Waals surface area contributed by atoms with E-state index in [9.17, 15) is 4.79 Å². The Balaban J connectivity index is 1.93. The Morgan fingerprint density at radius 2 is 2.11 bits per heavy atom. The van der Waals surface area contributed by atoms with E-state index in [2.05, 4.69) is 15.9 Å². The molecule has 0 aliphatic heterocycles. The Morgan fingerprint density at radius 1 is 1.39 bits per heavy atom. The molecule has 0 spiro atoms. The fourth-order valence-corrected chi connectivity index (χ4v) is 2.91. The molecule has 0 atom stereocenters. The van der Waals surface area contributed by atoms with Crippen LogP contribution in [0.15, 0.2) is 46.3 Å². The van der Waals surface area contributed by atoms with Crippen molar-refractivity contribution >= 4 is 33.4 Å². The van der Waals surface area contributed by atoms with Crippen molar-refractivity contribution in [2.24, 2.45) is 0 Å². The molecule has 0 fully saturated rings. The van der Waals surface area contributed by atoms with Gasteiger partial charge in [0, 0.05) is 21.8 Å². The number of amides is 1. The molecule has 0 aliphatic carbocycles. The van der Waals surface area contributed by atoms with Gasteiger partial charge >= 0.3 is 6.09 Å². The second-order valence-electron chi connectivity index (χ2n) is 3.77. The van der Waals surface area contributed by atoms with E-state index in [0.717, 1.165) is 9.35 Å². The molecule has 1 aromatic heterocycles. The van der Waals surface area contributed by atoms with Gasteiger partial charge in [0.05, 0.1) is 6.54 Å². The molecule has 0 unspecified atom stereocenters. The third-order valence-corrected chi connectivity index (χ3v) is 3.96. The van der Waals surface area contributed by atoms with Crippen LogP contribution in [0.5, 0.6) is 5.75 Å². The van der Waals surface area contributed by atoms with Gasteiger partial charge in [0.25, 0.3) is 0 Å². The van der Waals surface area contributed by atoms with E-state index in [1.54, 1.807) is 35.4 Å². The van der Waals surface area contributed by atoms with Gasteiger partial charge in [-0.05, 0) is 34.1 Å². The largest absolute Gasteiger partial charge is 0.415 e. The third-order valence-electron chi connectivity index (χ3n) is 2.27. The Labute approximate surface area is 118 Å². The molecule has 5 heteroatoms. The van der Waals surface area contributed by atoms with Crippen LogP contribution in [0, 0.1) is 0 Å². The molecule has 1 heterocycles. The Morgan fingerprint density at radius 3 is 2.72 bits per heavy atom. The highest BCUT2D eigenvalue weighted by Crippen LogP contribution is 2.21. The van der Waals surface area contributed by atoms with Gasteiger partial charge in [-0.25, -0.2) is 4.79 Å². The summed E-state index contributed by atoms with van der Waals surface area (Å²) in [7, 11) is 1.72. The van der Waals surface area contributed by atoms with Gasteiger partial charge in [0.2, 0.25) is 0 Å². The lowest BCUT2D eigenvalue weighted by molar-refractivity contribution is 0.161. The SMILES string of the molecule is CN(Cc1cc(Br)cs1)C(=O)Oc1ccccc1. The van der Waals surface area contributed by atoms with Crippen molar-refractivity contribution in [1.29, 1.82) is 0 Å². The highest BCUT2D eigenvalue weighted by Gasteiger charge is 2.12. The minimum atomic E-state index is -0.356. The first-order valence-electron chi connectivity index (χ1n) is 5.36. The van der Waals surface area contributed by atoms with E-state index >= 15 is 0 Å². The van der Waals surface area contributed by atoms with Crippen LogP contribution in [0.4, 0.5) is 4.79 Å². The summed E-state index contributed by atoms with van der Waals surface area (Å²) in [5, 5.41) is 1.99. The first kappa shape index (κ1) is 13.1. The zero-order valence-electron chi connectivity index (χ0n) is 9.80. The quantitative estimate of drug-likeness (QED) is 0.848. The van der Waals surface area contributed by atoms with Crippen LogP contribution < -0.4 is 4.74 Å². The van der Waals surface area contributed by atoms with Gasteiger partial charge in [-0.15, -0.1) is 11.3 Å². The molecule has 2 rings (SSSR count). The molecule has 0 saturated heterocycles. The molecule has 94 valence electrons. The van der Waals surface area contributed by atoms with Gasteiger partial charge in [-0.1, -0.05) is 18.2 Å². The van der Waals surface area contributed by atoms with Crippen LogP contribution in [-0.2, 0) is 6.54 Å². The Hall–Kier alpha value is -1.33. The fraction of sp³-hybridized carbons (Fsp3) is 0.154. The highest BCUT2D eigenvalue weighted by atomic mass is 79.9. The molecule has 0 radical (unpaired) electrons. The molecule has 1 aromatic carbocycles. The standard InChI is InChI=1S/C13H12BrNO2S/c1-15(8-12-7-10(14)9-18-12)13(16)17-11-5-3-2-4-6-11/h2-7,9H,8H2,1H3. The maximum atomic E-state index is 11.8. The maximum Gasteiger partial charge on any atom is 0.415 e. The van der Waals surface area contributed by atoms with Crippen molar-refractivity contribution in [3.63, 3.8) is 0 Å². The first-order chi connectivity index (χ1) is 8.65. The Kier molecular flexibility index (Phi) is 4.38.